The van der Waals surface area contributed by atoms with Crippen LogP contribution in [0.25, 0.3) is 0 Å². The molecule has 0 unspecified atom stereocenters. The van der Waals surface area contributed by atoms with Crippen LogP contribution in [0.1, 0.15) is 35.7 Å². The molecule has 2 atom stereocenters. The Morgan fingerprint density at radius 1 is 1.30 bits per heavy atom. The molecule has 4 nitrogen and oxygen atoms in total. The Balaban J connectivity index is 1.76. The second kappa shape index (κ2) is 7.38. The van der Waals surface area contributed by atoms with E-state index in [2.05, 4.69) is 41.5 Å². The lowest BCUT2D eigenvalue weighted by molar-refractivity contribution is -0.130. The second-order valence-electron chi connectivity index (χ2n) is 6.01. The van der Waals surface area contributed by atoms with Crippen molar-refractivity contribution in [2.24, 2.45) is 0 Å². The number of hydrogen-bond acceptors (Lipinski definition) is 3. The van der Waals surface area contributed by atoms with Gasteiger partial charge in [-0.05, 0) is 43.9 Å². The van der Waals surface area contributed by atoms with Crippen molar-refractivity contribution >= 4 is 5.91 Å². The highest BCUT2D eigenvalue weighted by Crippen LogP contribution is 2.19. The maximum Gasteiger partial charge on any atom is 0.249 e. The van der Waals surface area contributed by atoms with E-state index in [0.29, 0.717) is 6.61 Å². The molecule has 0 radical (unpaired) electrons. The maximum absolute atomic E-state index is 12.4. The van der Waals surface area contributed by atoms with Gasteiger partial charge < -0.3 is 10.1 Å². The first-order valence-corrected chi connectivity index (χ1v) is 8.11. The summed E-state index contributed by atoms with van der Waals surface area (Å²) < 4.78 is 5.48. The van der Waals surface area contributed by atoms with Gasteiger partial charge in [0.15, 0.2) is 0 Å². The normalized spacial score (nSPS) is 18.6. The molecule has 4 heteroatoms. The summed E-state index contributed by atoms with van der Waals surface area (Å²) in [5.41, 5.74) is 3.28. The molecule has 2 heterocycles. The minimum atomic E-state index is -0.320. The number of benzene rings is 1. The molecule has 0 aliphatic carbocycles. The van der Waals surface area contributed by atoms with Gasteiger partial charge >= 0.3 is 0 Å². The molecule has 1 saturated heterocycles. The van der Waals surface area contributed by atoms with Crippen LogP contribution in [0.5, 0.6) is 0 Å². The summed E-state index contributed by atoms with van der Waals surface area (Å²) in [5, 5.41) is 3.11. The van der Waals surface area contributed by atoms with Crippen LogP contribution in [-0.2, 0) is 16.0 Å². The number of hydrogen-bond donors (Lipinski definition) is 1. The Hall–Kier alpha value is -2.20. The summed E-state index contributed by atoms with van der Waals surface area (Å²) in [4.78, 5) is 16.8. The van der Waals surface area contributed by atoms with Gasteiger partial charge in [0.2, 0.25) is 5.91 Å². The molecule has 1 aromatic heterocycles. The predicted octanol–water partition coefficient (Wildman–Crippen LogP) is 2.97. The van der Waals surface area contributed by atoms with Crippen molar-refractivity contribution in [1.82, 2.24) is 10.3 Å². The molecule has 1 fully saturated rings. The number of amides is 1. The fourth-order valence-electron chi connectivity index (χ4n) is 2.82. The predicted molar refractivity (Wildman–Crippen MR) is 89.0 cm³/mol. The summed E-state index contributed by atoms with van der Waals surface area (Å²) >= 11 is 0. The van der Waals surface area contributed by atoms with Crippen LogP contribution in [0, 0.1) is 6.92 Å². The van der Waals surface area contributed by atoms with E-state index in [9.17, 15) is 4.79 Å². The molecular weight excluding hydrogens is 288 g/mol. The summed E-state index contributed by atoms with van der Waals surface area (Å²) in [6.07, 6.45) is 3.90. The average molecular weight is 310 g/mol. The molecule has 0 saturated carbocycles. The molecule has 1 aliphatic heterocycles. The minimum Gasteiger partial charge on any atom is -0.368 e. The second-order valence-corrected chi connectivity index (χ2v) is 6.01. The highest BCUT2D eigenvalue weighted by molar-refractivity contribution is 5.81. The topological polar surface area (TPSA) is 51.2 Å². The van der Waals surface area contributed by atoms with Crippen LogP contribution in [0.4, 0.5) is 0 Å². The van der Waals surface area contributed by atoms with E-state index >= 15 is 0 Å². The Bertz CT molecular complexity index is 634. The lowest BCUT2D eigenvalue weighted by Crippen LogP contribution is -2.38. The molecule has 0 bridgehead atoms. The summed E-state index contributed by atoms with van der Waals surface area (Å²) in [6.45, 7) is 2.74. The summed E-state index contributed by atoms with van der Waals surface area (Å²) in [7, 11) is 0. The van der Waals surface area contributed by atoms with Crippen LogP contribution >= 0.6 is 0 Å². The summed E-state index contributed by atoms with van der Waals surface area (Å²) in [5.74, 6) is -0.0368. The van der Waals surface area contributed by atoms with Crippen LogP contribution in [0.3, 0.4) is 0 Å². The number of nitrogens with one attached hydrogen (secondary N) is 1. The van der Waals surface area contributed by atoms with E-state index in [-0.39, 0.29) is 18.1 Å². The van der Waals surface area contributed by atoms with E-state index < -0.39 is 0 Å². The Labute approximate surface area is 136 Å². The molecule has 0 spiro atoms. The molecular formula is C19H22N2O2. The van der Waals surface area contributed by atoms with Crippen LogP contribution in [0.15, 0.2) is 48.7 Å². The zero-order valence-corrected chi connectivity index (χ0v) is 13.4. The maximum atomic E-state index is 12.4. The molecule has 3 rings (SSSR count). The fraction of sp³-hybridized carbons (Fsp3) is 0.368. The molecule has 23 heavy (non-hydrogen) atoms. The minimum absolute atomic E-state index is 0.0368. The monoisotopic (exact) mass is 310 g/mol. The van der Waals surface area contributed by atoms with E-state index in [1.807, 2.05) is 18.2 Å². The number of carbonyl (C=O) groups is 1. The third kappa shape index (κ3) is 4.17. The van der Waals surface area contributed by atoms with Gasteiger partial charge in [-0.2, -0.15) is 0 Å². The number of nitrogens with zero attached hydrogens (tertiary/aromatic N) is 1. The van der Waals surface area contributed by atoms with Crippen LogP contribution in [0.2, 0.25) is 0 Å². The van der Waals surface area contributed by atoms with Crippen molar-refractivity contribution in [2.45, 2.75) is 38.3 Å². The van der Waals surface area contributed by atoms with E-state index in [1.54, 1.807) is 6.20 Å². The number of carbonyl (C=O) groups excluding carboxylic acids is 1. The molecule has 1 aromatic carbocycles. The number of aromatic nitrogens is 1. The number of ether oxygens (including phenoxy) is 1. The zero-order valence-electron chi connectivity index (χ0n) is 13.4. The molecule has 1 N–H and O–H groups in total. The van der Waals surface area contributed by atoms with Crippen molar-refractivity contribution in [2.75, 3.05) is 6.61 Å². The van der Waals surface area contributed by atoms with E-state index in [4.69, 9.17) is 4.74 Å². The quantitative estimate of drug-likeness (QED) is 0.923. The number of rotatable bonds is 5. The lowest BCUT2D eigenvalue weighted by atomic mass is 10.0. The van der Waals surface area contributed by atoms with E-state index in [1.165, 1.54) is 11.1 Å². The van der Waals surface area contributed by atoms with Gasteiger partial charge in [0, 0.05) is 12.8 Å². The fourth-order valence-corrected chi connectivity index (χ4v) is 2.82. The van der Waals surface area contributed by atoms with Gasteiger partial charge in [0.05, 0.1) is 11.7 Å². The van der Waals surface area contributed by atoms with Crippen LogP contribution in [-0.4, -0.2) is 23.6 Å². The highest BCUT2D eigenvalue weighted by Gasteiger charge is 2.26. The van der Waals surface area contributed by atoms with Gasteiger partial charge in [-0.3, -0.25) is 9.78 Å². The zero-order chi connectivity index (χ0) is 16.1. The van der Waals surface area contributed by atoms with Gasteiger partial charge in [-0.25, -0.2) is 0 Å². The lowest BCUT2D eigenvalue weighted by Gasteiger charge is -2.20. The third-order valence-corrected chi connectivity index (χ3v) is 4.14. The average Bonchev–Trinajstić information content (AvgIpc) is 3.12. The first-order chi connectivity index (χ1) is 11.2. The molecule has 120 valence electrons. The smallest absolute Gasteiger partial charge is 0.249 e. The SMILES string of the molecule is Cc1ccc(C[C@H](NC(=O)[C@H]2CCCO2)c2ccccn2)cc1. The van der Waals surface area contributed by atoms with E-state index in [0.717, 1.165) is 25.0 Å². The van der Waals surface area contributed by atoms with Gasteiger partial charge in [-0.1, -0.05) is 35.9 Å². The molecule has 1 amide bonds. The number of aryl methyl sites for hydroxylation is 1. The number of pyridine rings is 1. The first-order valence-electron chi connectivity index (χ1n) is 8.11. The van der Waals surface area contributed by atoms with Gasteiger partial charge in [0.1, 0.15) is 6.10 Å². The first kappa shape index (κ1) is 15.7. The van der Waals surface area contributed by atoms with Gasteiger partial charge in [-0.15, -0.1) is 0 Å². The Morgan fingerprint density at radius 3 is 2.78 bits per heavy atom. The molecule has 1 aliphatic rings. The van der Waals surface area contributed by atoms with Gasteiger partial charge in [0.25, 0.3) is 0 Å². The Kier molecular flexibility index (Phi) is 5.03. The van der Waals surface area contributed by atoms with Crippen molar-refractivity contribution in [3.63, 3.8) is 0 Å². The van der Waals surface area contributed by atoms with Crippen molar-refractivity contribution < 1.29 is 9.53 Å². The summed E-state index contributed by atoms with van der Waals surface area (Å²) in [6, 6.07) is 14.0. The standard InChI is InChI=1S/C19H22N2O2/c1-14-7-9-15(10-8-14)13-17(16-5-2-3-11-20-16)21-19(22)18-6-4-12-23-18/h2-3,5,7-11,17-18H,4,6,12-13H2,1H3,(H,21,22)/t17-,18+/m0/s1. The largest absolute Gasteiger partial charge is 0.368 e. The third-order valence-electron chi connectivity index (χ3n) is 4.14. The molecule has 2 aromatic rings. The Morgan fingerprint density at radius 2 is 2.13 bits per heavy atom. The van der Waals surface area contributed by atoms with Crippen molar-refractivity contribution in [3.8, 4) is 0 Å². The van der Waals surface area contributed by atoms with Crippen molar-refractivity contribution in [1.29, 1.82) is 0 Å². The van der Waals surface area contributed by atoms with Crippen molar-refractivity contribution in [3.05, 3.63) is 65.5 Å². The van der Waals surface area contributed by atoms with Crippen LogP contribution < -0.4 is 5.32 Å². The highest BCUT2D eigenvalue weighted by atomic mass is 16.5.